The van der Waals surface area contributed by atoms with Gasteiger partial charge in [0.1, 0.15) is 0 Å². The Hall–Kier alpha value is -0.610. The number of nitrogens with two attached hydrogens (primary N) is 1. The van der Waals surface area contributed by atoms with Gasteiger partial charge in [0.2, 0.25) is 5.91 Å². The summed E-state index contributed by atoms with van der Waals surface area (Å²) in [6.45, 7) is 7.06. The van der Waals surface area contributed by atoms with Crippen LogP contribution in [-0.4, -0.2) is 30.2 Å². The van der Waals surface area contributed by atoms with E-state index >= 15 is 0 Å². The van der Waals surface area contributed by atoms with Gasteiger partial charge in [0.25, 0.3) is 0 Å². The van der Waals surface area contributed by atoms with Gasteiger partial charge in [-0.2, -0.15) is 0 Å². The zero-order valence-electron chi connectivity index (χ0n) is 11.3. The molecule has 1 rings (SSSR count). The molecule has 0 radical (unpaired) electrons. The normalized spacial score (nSPS) is 20.0. The fraction of sp³-hybridized carbons (Fsp3) is 0.923. The van der Waals surface area contributed by atoms with Gasteiger partial charge in [-0.3, -0.25) is 4.79 Å². The highest BCUT2D eigenvalue weighted by molar-refractivity contribution is 5.86. The third-order valence-electron chi connectivity index (χ3n) is 3.41. The Balaban J connectivity index is 2.43. The van der Waals surface area contributed by atoms with Crippen LogP contribution < -0.4 is 11.1 Å². The first-order valence-corrected chi connectivity index (χ1v) is 6.61. The molecule has 1 aliphatic carbocycles. The molecule has 0 aromatic heterocycles. The van der Waals surface area contributed by atoms with Crippen LogP contribution in [0.25, 0.3) is 0 Å². The monoisotopic (exact) mass is 242 g/mol. The molecule has 17 heavy (non-hydrogen) atoms. The lowest BCUT2D eigenvalue weighted by atomic mass is 9.82. The maximum absolute atomic E-state index is 12.1. The van der Waals surface area contributed by atoms with Crippen LogP contribution in [0.1, 0.15) is 52.9 Å². The topological polar surface area (TPSA) is 64.3 Å². The van der Waals surface area contributed by atoms with Gasteiger partial charge in [0.05, 0.1) is 11.1 Å². The number of rotatable bonds is 5. The predicted octanol–water partition coefficient (Wildman–Crippen LogP) is 1.58. The third-order valence-corrected chi connectivity index (χ3v) is 3.41. The van der Waals surface area contributed by atoms with E-state index in [0.29, 0.717) is 13.2 Å². The molecule has 0 unspecified atom stereocenters. The summed E-state index contributed by atoms with van der Waals surface area (Å²) in [7, 11) is 0. The standard InChI is InChI=1S/C13H26N2O2/c1-4-17-12(2,3)10-15-11(16)13(14)8-6-5-7-9-13/h4-10,14H2,1-3H3,(H,15,16). The van der Waals surface area contributed by atoms with Crippen LogP contribution in [0.5, 0.6) is 0 Å². The second kappa shape index (κ2) is 5.83. The van der Waals surface area contributed by atoms with E-state index in [4.69, 9.17) is 10.5 Å². The molecule has 100 valence electrons. The van der Waals surface area contributed by atoms with Crippen molar-refractivity contribution < 1.29 is 9.53 Å². The fourth-order valence-corrected chi connectivity index (χ4v) is 2.32. The van der Waals surface area contributed by atoms with Gasteiger partial charge in [0, 0.05) is 13.2 Å². The Labute approximate surface area is 104 Å². The summed E-state index contributed by atoms with van der Waals surface area (Å²) in [5, 5.41) is 2.93. The summed E-state index contributed by atoms with van der Waals surface area (Å²) in [6, 6.07) is 0. The molecule has 1 fully saturated rings. The quantitative estimate of drug-likeness (QED) is 0.769. The Morgan fingerprint density at radius 1 is 1.35 bits per heavy atom. The number of nitrogens with one attached hydrogen (secondary N) is 1. The van der Waals surface area contributed by atoms with E-state index in [2.05, 4.69) is 5.32 Å². The molecule has 4 heteroatoms. The van der Waals surface area contributed by atoms with Gasteiger partial charge in [-0.25, -0.2) is 0 Å². The molecule has 3 N–H and O–H groups in total. The summed E-state index contributed by atoms with van der Waals surface area (Å²) in [5.41, 5.74) is 5.18. The van der Waals surface area contributed by atoms with Crippen LogP contribution in [0.15, 0.2) is 0 Å². The molecule has 0 heterocycles. The Bertz CT molecular complexity index is 258. The van der Waals surface area contributed by atoms with Crippen LogP contribution in [0, 0.1) is 0 Å². The molecule has 0 aromatic rings. The van der Waals surface area contributed by atoms with Crippen LogP contribution in [0.3, 0.4) is 0 Å². The van der Waals surface area contributed by atoms with E-state index in [9.17, 15) is 4.79 Å². The maximum Gasteiger partial charge on any atom is 0.240 e. The summed E-state index contributed by atoms with van der Waals surface area (Å²) in [5.74, 6) is -0.0232. The summed E-state index contributed by atoms with van der Waals surface area (Å²) < 4.78 is 5.54. The fourth-order valence-electron chi connectivity index (χ4n) is 2.32. The highest BCUT2D eigenvalue weighted by Crippen LogP contribution is 2.26. The van der Waals surface area contributed by atoms with Crippen molar-refractivity contribution in [1.29, 1.82) is 0 Å². The number of hydrogen-bond acceptors (Lipinski definition) is 3. The molecule has 1 amide bonds. The van der Waals surface area contributed by atoms with E-state index in [-0.39, 0.29) is 11.5 Å². The van der Waals surface area contributed by atoms with E-state index in [0.717, 1.165) is 25.7 Å². The van der Waals surface area contributed by atoms with Gasteiger partial charge in [0.15, 0.2) is 0 Å². The second-order valence-corrected chi connectivity index (χ2v) is 5.59. The first kappa shape index (κ1) is 14.5. The van der Waals surface area contributed by atoms with Gasteiger partial charge < -0.3 is 15.8 Å². The van der Waals surface area contributed by atoms with Crippen molar-refractivity contribution in [1.82, 2.24) is 5.32 Å². The molecule has 0 aromatic carbocycles. The molecule has 0 spiro atoms. The molecule has 0 atom stereocenters. The Kier molecular flexibility index (Phi) is 4.95. The number of ether oxygens (including phenoxy) is 1. The largest absolute Gasteiger partial charge is 0.374 e. The smallest absolute Gasteiger partial charge is 0.240 e. The molecule has 0 bridgehead atoms. The lowest BCUT2D eigenvalue weighted by molar-refractivity contribution is -0.129. The van der Waals surface area contributed by atoms with Gasteiger partial charge in [-0.05, 0) is 33.6 Å². The minimum atomic E-state index is -0.652. The predicted molar refractivity (Wildman–Crippen MR) is 68.7 cm³/mol. The average Bonchev–Trinajstić information content (AvgIpc) is 2.27. The molecular weight excluding hydrogens is 216 g/mol. The molecule has 0 saturated heterocycles. The summed E-state index contributed by atoms with van der Waals surface area (Å²) in [6.07, 6.45) is 4.90. The second-order valence-electron chi connectivity index (χ2n) is 5.59. The van der Waals surface area contributed by atoms with E-state index in [1.807, 2.05) is 20.8 Å². The Morgan fingerprint density at radius 2 is 1.94 bits per heavy atom. The lowest BCUT2D eigenvalue weighted by Gasteiger charge is -2.33. The summed E-state index contributed by atoms with van der Waals surface area (Å²) in [4.78, 5) is 12.1. The Morgan fingerprint density at radius 3 is 2.47 bits per heavy atom. The first-order valence-electron chi connectivity index (χ1n) is 6.61. The molecule has 1 aliphatic rings. The van der Waals surface area contributed by atoms with Crippen LogP contribution in [0.4, 0.5) is 0 Å². The van der Waals surface area contributed by atoms with Crippen molar-refractivity contribution in [2.24, 2.45) is 5.73 Å². The number of carbonyl (C=O) groups is 1. The van der Waals surface area contributed by atoms with Crippen LogP contribution >= 0.6 is 0 Å². The SMILES string of the molecule is CCOC(C)(C)CNC(=O)C1(N)CCCCC1. The average molecular weight is 242 g/mol. The highest BCUT2D eigenvalue weighted by atomic mass is 16.5. The van der Waals surface area contributed by atoms with Crippen LogP contribution in [0.2, 0.25) is 0 Å². The first-order chi connectivity index (χ1) is 7.90. The molecule has 1 saturated carbocycles. The van der Waals surface area contributed by atoms with E-state index < -0.39 is 5.54 Å². The zero-order chi connectivity index (χ0) is 12.9. The highest BCUT2D eigenvalue weighted by Gasteiger charge is 2.35. The van der Waals surface area contributed by atoms with Gasteiger partial charge in [-0.15, -0.1) is 0 Å². The van der Waals surface area contributed by atoms with Crippen molar-refractivity contribution in [3.05, 3.63) is 0 Å². The number of carbonyl (C=O) groups excluding carboxylic acids is 1. The van der Waals surface area contributed by atoms with Gasteiger partial charge >= 0.3 is 0 Å². The van der Waals surface area contributed by atoms with Crippen molar-refractivity contribution >= 4 is 5.91 Å². The minimum Gasteiger partial charge on any atom is -0.374 e. The van der Waals surface area contributed by atoms with Crippen molar-refractivity contribution in [3.8, 4) is 0 Å². The van der Waals surface area contributed by atoms with E-state index in [1.165, 1.54) is 6.42 Å². The lowest BCUT2D eigenvalue weighted by Crippen LogP contribution is -2.57. The van der Waals surface area contributed by atoms with Crippen LogP contribution in [-0.2, 0) is 9.53 Å². The molecular formula is C13H26N2O2. The minimum absolute atomic E-state index is 0.0232. The number of hydrogen-bond donors (Lipinski definition) is 2. The molecule has 4 nitrogen and oxygen atoms in total. The third kappa shape index (κ3) is 4.28. The van der Waals surface area contributed by atoms with Crippen molar-refractivity contribution in [3.63, 3.8) is 0 Å². The zero-order valence-corrected chi connectivity index (χ0v) is 11.3. The van der Waals surface area contributed by atoms with E-state index in [1.54, 1.807) is 0 Å². The maximum atomic E-state index is 12.1. The summed E-state index contributed by atoms with van der Waals surface area (Å²) >= 11 is 0. The number of amides is 1. The van der Waals surface area contributed by atoms with Gasteiger partial charge in [-0.1, -0.05) is 19.3 Å². The van der Waals surface area contributed by atoms with Crippen molar-refractivity contribution in [2.45, 2.75) is 64.0 Å². The van der Waals surface area contributed by atoms with Crippen molar-refractivity contribution in [2.75, 3.05) is 13.2 Å². The molecule has 0 aliphatic heterocycles.